The minimum Gasteiger partial charge on any atom is -0.306 e. The molecule has 7 heteroatoms. The second kappa shape index (κ2) is 7.19. The molecule has 0 aliphatic carbocycles. The van der Waals surface area contributed by atoms with Crippen LogP contribution < -0.4 is 5.56 Å². The molecule has 0 saturated carbocycles. The molecule has 1 aliphatic rings. The second-order valence-corrected chi connectivity index (χ2v) is 7.06. The predicted octanol–water partition coefficient (Wildman–Crippen LogP) is 3.70. The Kier molecular flexibility index (Phi) is 4.76. The number of H-pyrrole nitrogens is 1. The Hall–Kier alpha value is -2.21. The molecule has 132 valence electrons. The van der Waals surface area contributed by atoms with Gasteiger partial charge in [0.25, 0.3) is 5.56 Å². The highest BCUT2D eigenvalue weighted by Gasteiger charge is 2.22. The van der Waals surface area contributed by atoms with Gasteiger partial charge in [0.15, 0.2) is 0 Å². The number of benzene rings is 1. The van der Waals surface area contributed by atoms with Gasteiger partial charge in [-0.2, -0.15) is 0 Å². The Morgan fingerprint density at radius 1 is 1.15 bits per heavy atom. The number of pyridine rings is 1. The summed E-state index contributed by atoms with van der Waals surface area (Å²) in [5.74, 6) is 0.560. The van der Waals surface area contributed by atoms with Crippen LogP contribution in [-0.2, 0) is 19.5 Å². The van der Waals surface area contributed by atoms with Gasteiger partial charge in [-0.15, -0.1) is 0 Å². The van der Waals surface area contributed by atoms with E-state index in [1.807, 2.05) is 30.3 Å². The summed E-state index contributed by atoms with van der Waals surface area (Å²) in [6.45, 7) is 1.91. The van der Waals surface area contributed by atoms with Gasteiger partial charge in [0.1, 0.15) is 5.82 Å². The molecular weight excluding hydrogens is 371 g/mol. The average Bonchev–Trinajstić information content (AvgIpc) is 2.66. The summed E-state index contributed by atoms with van der Waals surface area (Å²) in [5, 5.41) is 1.28. The molecule has 1 aromatic carbocycles. The molecule has 26 heavy (non-hydrogen) atoms. The zero-order valence-corrected chi connectivity index (χ0v) is 15.4. The first-order valence-corrected chi connectivity index (χ1v) is 9.05. The minimum atomic E-state index is -0.108. The van der Waals surface area contributed by atoms with Crippen molar-refractivity contribution in [3.8, 4) is 11.4 Å². The number of hydrogen-bond donors (Lipinski definition) is 1. The van der Waals surface area contributed by atoms with Crippen molar-refractivity contribution in [1.82, 2.24) is 19.9 Å². The van der Waals surface area contributed by atoms with Crippen molar-refractivity contribution in [2.75, 3.05) is 6.54 Å². The molecular formula is C19H16Cl2N4O. The monoisotopic (exact) mass is 386 g/mol. The summed E-state index contributed by atoms with van der Waals surface area (Å²) in [7, 11) is 0. The molecule has 5 nitrogen and oxygen atoms in total. The molecule has 3 heterocycles. The summed E-state index contributed by atoms with van der Waals surface area (Å²) in [4.78, 5) is 26.4. The third-order valence-corrected chi connectivity index (χ3v) is 5.23. The number of fused-ring (bicyclic) bond motifs is 1. The quantitative estimate of drug-likeness (QED) is 0.745. The van der Waals surface area contributed by atoms with Crippen LogP contribution in [-0.4, -0.2) is 26.4 Å². The van der Waals surface area contributed by atoms with E-state index in [1.165, 1.54) is 0 Å². The molecule has 0 unspecified atom stereocenters. The summed E-state index contributed by atoms with van der Waals surface area (Å²) in [6.07, 6.45) is 4.09. The number of aromatic amines is 1. The molecule has 1 N–H and O–H groups in total. The summed E-state index contributed by atoms with van der Waals surface area (Å²) < 4.78 is 0. The fourth-order valence-electron chi connectivity index (χ4n) is 3.16. The largest absolute Gasteiger partial charge is 0.306 e. The molecule has 0 spiro atoms. The molecule has 0 atom stereocenters. The van der Waals surface area contributed by atoms with E-state index in [2.05, 4.69) is 19.9 Å². The molecule has 0 radical (unpaired) electrons. The lowest BCUT2D eigenvalue weighted by molar-refractivity contribution is 0.242. The topological polar surface area (TPSA) is 61.9 Å². The van der Waals surface area contributed by atoms with Crippen LogP contribution in [0.1, 0.15) is 16.8 Å². The fraction of sp³-hybridized carbons (Fsp3) is 0.211. The smallest absolute Gasteiger partial charge is 0.255 e. The predicted molar refractivity (Wildman–Crippen MR) is 102 cm³/mol. The highest BCUT2D eigenvalue weighted by atomic mass is 35.5. The molecule has 0 bridgehead atoms. The molecule has 3 aromatic rings. The van der Waals surface area contributed by atoms with E-state index in [0.29, 0.717) is 40.9 Å². The lowest BCUT2D eigenvalue weighted by Crippen LogP contribution is -2.35. The highest BCUT2D eigenvalue weighted by Crippen LogP contribution is 2.27. The Labute approximate surface area is 160 Å². The van der Waals surface area contributed by atoms with Crippen LogP contribution in [0.5, 0.6) is 0 Å². The van der Waals surface area contributed by atoms with Gasteiger partial charge in [0.2, 0.25) is 0 Å². The molecule has 0 amide bonds. The maximum absolute atomic E-state index is 12.6. The van der Waals surface area contributed by atoms with E-state index in [9.17, 15) is 4.79 Å². The van der Waals surface area contributed by atoms with Gasteiger partial charge in [-0.1, -0.05) is 29.3 Å². The molecule has 0 saturated heterocycles. The zero-order chi connectivity index (χ0) is 18.1. The molecule has 2 aromatic heterocycles. The Balaban J connectivity index is 1.61. The molecule has 4 rings (SSSR count). The average molecular weight is 387 g/mol. The lowest BCUT2D eigenvalue weighted by atomic mass is 10.1. The van der Waals surface area contributed by atoms with E-state index >= 15 is 0 Å². The van der Waals surface area contributed by atoms with Gasteiger partial charge in [-0.05, 0) is 24.3 Å². The Morgan fingerprint density at radius 2 is 1.96 bits per heavy atom. The number of aromatic nitrogens is 3. The van der Waals surface area contributed by atoms with E-state index in [4.69, 9.17) is 23.2 Å². The number of hydrogen-bond acceptors (Lipinski definition) is 4. The van der Waals surface area contributed by atoms with Crippen LogP contribution in [0, 0.1) is 0 Å². The zero-order valence-electron chi connectivity index (χ0n) is 13.9. The van der Waals surface area contributed by atoms with E-state index in [0.717, 1.165) is 23.4 Å². The number of nitrogens with zero attached hydrogens (tertiary/aromatic N) is 3. The van der Waals surface area contributed by atoms with E-state index < -0.39 is 0 Å². The SMILES string of the molecule is O=c1[nH]c(-c2cccnc2)nc2c1CN(Cc1c(Cl)cccc1Cl)CC2. The molecule has 1 aliphatic heterocycles. The second-order valence-electron chi connectivity index (χ2n) is 6.24. The van der Waals surface area contributed by atoms with Crippen molar-refractivity contribution >= 4 is 23.2 Å². The van der Waals surface area contributed by atoms with Crippen molar-refractivity contribution in [3.63, 3.8) is 0 Å². The fourth-order valence-corrected chi connectivity index (χ4v) is 3.68. The van der Waals surface area contributed by atoms with Crippen LogP contribution in [0.2, 0.25) is 10.0 Å². The standard InChI is InChI=1S/C19H16Cl2N4O/c20-15-4-1-5-16(21)13(15)10-25-8-6-17-14(11-25)19(26)24-18(23-17)12-3-2-7-22-9-12/h1-5,7,9H,6,8,10-11H2,(H,23,24,26). The summed E-state index contributed by atoms with van der Waals surface area (Å²) >= 11 is 12.5. The number of rotatable bonds is 3. The first-order valence-electron chi connectivity index (χ1n) is 8.29. The lowest BCUT2D eigenvalue weighted by Gasteiger charge is -2.28. The van der Waals surface area contributed by atoms with E-state index in [1.54, 1.807) is 12.4 Å². The summed E-state index contributed by atoms with van der Waals surface area (Å²) in [6, 6.07) is 9.19. The van der Waals surface area contributed by atoms with Crippen LogP contribution >= 0.6 is 23.2 Å². The Morgan fingerprint density at radius 3 is 2.69 bits per heavy atom. The Bertz CT molecular complexity index is 984. The maximum atomic E-state index is 12.6. The van der Waals surface area contributed by atoms with Gasteiger partial charge < -0.3 is 4.98 Å². The first kappa shape index (κ1) is 17.2. The van der Waals surface area contributed by atoms with Crippen LogP contribution in [0.25, 0.3) is 11.4 Å². The van der Waals surface area contributed by atoms with Crippen LogP contribution in [0.4, 0.5) is 0 Å². The van der Waals surface area contributed by atoms with Gasteiger partial charge in [0, 0.05) is 59.6 Å². The summed E-state index contributed by atoms with van der Waals surface area (Å²) in [5.41, 5.74) is 3.12. The third kappa shape index (κ3) is 3.38. The van der Waals surface area contributed by atoms with Gasteiger partial charge in [-0.25, -0.2) is 4.98 Å². The van der Waals surface area contributed by atoms with Crippen molar-refractivity contribution in [3.05, 3.63) is 79.9 Å². The van der Waals surface area contributed by atoms with Crippen molar-refractivity contribution in [1.29, 1.82) is 0 Å². The maximum Gasteiger partial charge on any atom is 0.255 e. The van der Waals surface area contributed by atoms with Crippen molar-refractivity contribution < 1.29 is 0 Å². The van der Waals surface area contributed by atoms with Crippen LogP contribution in [0.3, 0.4) is 0 Å². The van der Waals surface area contributed by atoms with Crippen molar-refractivity contribution in [2.45, 2.75) is 19.5 Å². The number of nitrogens with one attached hydrogen (secondary N) is 1. The van der Waals surface area contributed by atoms with Gasteiger partial charge in [-0.3, -0.25) is 14.7 Å². The highest BCUT2D eigenvalue weighted by molar-refractivity contribution is 6.35. The molecule has 0 fully saturated rings. The van der Waals surface area contributed by atoms with E-state index in [-0.39, 0.29) is 5.56 Å². The van der Waals surface area contributed by atoms with Gasteiger partial charge >= 0.3 is 0 Å². The van der Waals surface area contributed by atoms with Crippen molar-refractivity contribution in [2.24, 2.45) is 0 Å². The van der Waals surface area contributed by atoms with Crippen LogP contribution in [0.15, 0.2) is 47.5 Å². The third-order valence-electron chi connectivity index (χ3n) is 4.53. The number of halogens is 2. The van der Waals surface area contributed by atoms with Gasteiger partial charge in [0.05, 0.1) is 11.3 Å². The first-order chi connectivity index (χ1) is 12.6. The normalized spacial score (nSPS) is 14.2. The minimum absolute atomic E-state index is 0.108.